The Kier molecular flexibility index (Phi) is 3.61. The van der Waals surface area contributed by atoms with E-state index in [0.717, 1.165) is 11.1 Å². The van der Waals surface area contributed by atoms with Crippen molar-refractivity contribution in [2.75, 3.05) is 0 Å². The smallest absolute Gasteiger partial charge is 0.206 e. The molecule has 0 radical (unpaired) electrons. The van der Waals surface area contributed by atoms with Gasteiger partial charge in [-0.3, -0.25) is 0 Å². The van der Waals surface area contributed by atoms with E-state index in [9.17, 15) is 8.42 Å². The summed E-state index contributed by atoms with van der Waals surface area (Å²) in [5, 5.41) is 1.75. The molecule has 0 amide bonds. The molecule has 5 heteroatoms. The van der Waals surface area contributed by atoms with Gasteiger partial charge in [0, 0.05) is 6.54 Å². The van der Waals surface area contributed by atoms with Gasteiger partial charge in [-0.2, -0.15) is 0 Å². The summed E-state index contributed by atoms with van der Waals surface area (Å²) in [5.74, 6) is 0. The molecule has 0 saturated carbocycles. The lowest BCUT2D eigenvalue weighted by molar-refractivity contribution is 0.583. The van der Waals surface area contributed by atoms with Gasteiger partial charge in [0.1, 0.15) is 4.21 Å². The standard InChI is InChI=1S/C12H13NO2S2/c1-10-4-6-11(7-5-10)9-13-17(14,15)12-3-2-8-16-12/h2-8,13H,9H2,1H3. The minimum Gasteiger partial charge on any atom is -0.206 e. The lowest BCUT2D eigenvalue weighted by Gasteiger charge is -2.05. The third-order valence-electron chi connectivity index (χ3n) is 2.35. The highest BCUT2D eigenvalue weighted by Gasteiger charge is 2.13. The van der Waals surface area contributed by atoms with E-state index in [0.29, 0.717) is 10.8 Å². The van der Waals surface area contributed by atoms with E-state index in [1.165, 1.54) is 11.3 Å². The fourth-order valence-corrected chi connectivity index (χ4v) is 3.43. The Morgan fingerprint density at radius 3 is 2.47 bits per heavy atom. The molecular formula is C12H13NO2S2. The monoisotopic (exact) mass is 267 g/mol. The van der Waals surface area contributed by atoms with E-state index in [2.05, 4.69) is 4.72 Å². The van der Waals surface area contributed by atoms with Gasteiger partial charge in [0.25, 0.3) is 0 Å². The van der Waals surface area contributed by atoms with Crippen LogP contribution in [0.4, 0.5) is 0 Å². The number of benzene rings is 1. The Morgan fingerprint density at radius 2 is 1.88 bits per heavy atom. The second kappa shape index (κ2) is 5.00. The van der Waals surface area contributed by atoms with Crippen LogP contribution in [0.1, 0.15) is 11.1 Å². The quantitative estimate of drug-likeness (QED) is 0.925. The van der Waals surface area contributed by atoms with Gasteiger partial charge in [-0.1, -0.05) is 35.9 Å². The number of thiophene rings is 1. The summed E-state index contributed by atoms with van der Waals surface area (Å²) in [6, 6.07) is 11.1. The van der Waals surface area contributed by atoms with Gasteiger partial charge < -0.3 is 0 Å². The van der Waals surface area contributed by atoms with Crippen molar-refractivity contribution >= 4 is 21.4 Å². The molecular weight excluding hydrogens is 254 g/mol. The average molecular weight is 267 g/mol. The van der Waals surface area contributed by atoms with Crippen LogP contribution in [-0.2, 0) is 16.6 Å². The number of hydrogen-bond donors (Lipinski definition) is 1. The lowest BCUT2D eigenvalue weighted by atomic mass is 10.2. The molecule has 3 nitrogen and oxygen atoms in total. The van der Waals surface area contributed by atoms with Crippen LogP contribution in [-0.4, -0.2) is 8.42 Å². The Balaban J connectivity index is 2.06. The van der Waals surface area contributed by atoms with Crippen molar-refractivity contribution in [1.29, 1.82) is 0 Å². The molecule has 0 fully saturated rings. The van der Waals surface area contributed by atoms with Crippen LogP contribution >= 0.6 is 11.3 Å². The minimum atomic E-state index is -3.36. The first-order valence-electron chi connectivity index (χ1n) is 5.17. The number of sulfonamides is 1. The van der Waals surface area contributed by atoms with E-state index in [1.54, 1.807) is 17.5 Å². The zero-order valence-corrected chi connectivity index (χ0v) is 11.0. The molecule has 0 aliphatic rings. The molecule has 2 aromatic rings. The Labute approximate surface area is 105 Å². The predicted octanol–water partition coefficient (Wildman–Crippen LogP) is 2.54. The molecule has 0 aliphatic carbocycles. The van der Waals surface area contributed by atoms with Crippen molar-refractivity contribution in [3.05, 3.63) is 52.9 Å². The molecule has 0 unspecified atom stereocenters. The minimum absolute atomic E-state index is 0.320. The molecule has 1 aromatic carbocycles. The molecule has 17 heavy (non-hydrogen) atoms. The molecule has 0 aliphatic heterocycles. The highest BCUT2D eigenvalue weighted by molar-refractivity contribution is 7.91. The summed E-state index contributed by atoms with van der Waals surface area (Å²) in [4.78, 5) is 0. The lowest BCUT2D eigenvalue weighted by Crippen LogP contribution is -2.22. The molecule has 0 saturated heterocycles. The topological polar surface area (TPSA) is 46.2 Å². The van der Waals surface area contributed by atoms with Gasteiger partial charge in [0.2, 0.25) is 10.0 Å². The molecule has 2 rings (SSSR count). The van der Waals surface area contributed by atoms with Crippen LogP contribution in [0.15, 0.2) is 46.0 Å². The summed E-state index contributed by atoms with van der Waals surface area (Å²) in [6.45, 7) is 2.32. The first-order chi connectivity index (χ1) is 8.08. The van der Waals surface area contributed by atoms with Gasteiger partial charge in [0.05, 0.1) is 0 Å². The Bertz CT molecular complexity index is 571. The van der Waals surface area contributed by atoms with Gasteiger partial charge in [0.15, 0.2) is 0 Å². The van der Waals surface area contributed by atoms with Crippen LogP contribution in [0.5, 0.6) is 0 Å². The maximum absolute atomic E-state index is 11.8. The number of nitrogens with one attached hydrogen (secondary N) is 1. The summed E-state index contributed by atoms with van der Waals surface area (Å²) in [5.41, 5.74) is 2.12. The Morgan fingerprint density at radius 1 is 1.18 bits per heavy atom. The highest BCUT2D eigenvalue weighted by atomic mass is 32.2. The van der Waals surface area contributed by atoms with E-state index in [-0.39, 0.29) is 0 Å². The second-order valence-electron chi connectivity index (χ2n) is 3.74. The molecule has 1 heterocycles. The average Bonchev–Trinajstić information content (AvgIpc) is 2.82. The van der Waals surface area contributed by atoms with Gasteiger partial charge in [-0.15, -0.1) is 11.3 Å². The van der Waals surface area contributed by atoms with Crippen LogP contribution in [0.25, 0.3) is 0 Å². The van der Waals surface area contributed by atoms with Crippen molar-refractivity contribution in [2.45, 2.75) is 17.7 Å². The fraction of sp³-hybridized carbons (Fsp3) is 0.167. The van der Waals surface area contributed by atoms with E-state index in [1.807, 2.05) is 31.2 Å². The van der Waals surface area contributed by atoms with Gasteiger partial charge in [-0.25, -0.2) is 13.1 Å². The molecule has 1 aromatic heterocycles. The van der Waals surface area contributed by atoms with Crippen molar-refractivity contribution < 1.29 is 8.42 Å². The molecule has 90 valence electrons. The van der Waals surface area contributed by atoms with Crippen LogP contribution in [0, 0.1) is 6.92 Å². The predicted molar refractivity (Wildman–Crippen MR) is 69.5 cm³/mol. The first kappa shape index (κ1) is 12.3. The summed E-state index contributed by atoms with van der Waals surface area (Å²) >= 11 is 1.22. The highest BCUT2D eigenvalue weighted by Crippen LogP contribution is 2.15. The van der Waals surface area contributed by atoms with E-state index >= 15 is 0 Å². The van der Waals surface area contributed by atoms with Crippen molar-refractivity contribution in [3.8, 4) is 0 Å². The zero-order valence-electron chi connectivity index (χ0n) is 9.38. The van der Waals surface area contributed by atoms with E-state index in [4.69, 9.17) is 0 Å². The zero-order chi connectivity index (χ0) is 12.3. The number of aryl methyl sites for hydroxylation is 1. The first-order valence-corrected chi connectivity index (χ1v) is 7.53. The Hall–Kier alpha value is -1.17. The van der Waals surface area contributed by atoms with Crippen molar-refractivity contribution in [3.63, 3.8) is 0 Å². The normalized spacial score (nSPS) is 11.6. The molecule has 1 N–H and O–H groups in total. The fourth-order valence-electron chi connectivity index (χ4n) is 1.37. The second-order valence-corrected chi connectivity index (χ2v) is 6.68. The number of rotatable bonds is 4. The van der Waals surface area contributed by atoms with Crippen molar-refractivity contribution in [2.24, 2.45) is 0 Å². The van der Waals surface area contributed by atoms with Crippen LogP contribution in [0.3, 0.4) is 0 Å². The third-order valence-corrected chi connectivity index (χ3v) is 5.15. The van der Waals surface area contributed by atoms with Crippen molar-refractivity contribution in [1.82, 2.24) is 4.72 Å². The number of hydrogen-bond acceptors (Lipinski definition) is 3. The SMILES string of the molecule is Cc1ccc(CNS(=O)(=O)c2cccs2)cc1. The molecule has 0 spiro atoms. The van der Waals surface area contributed by atoms with Gasteiger partial charge >= 0.3 is 0 Å². The van der Waals surface area contributed by atoms with Crippen LogP contribution < -0.4 is 4.72 Å². The summed E-state index contributed by atoms with van der Waals surface area (Å²) < 4.78 is 26.6. The molecule has 0 bridgehead atoms. The van der Waals surface area contributed by atoms with Crippen LogP contribution in [0.2, 0.25) is 0 Å². The molecule has 0 atom stereocenters. The van der Waals surface area contributed by atoms with E-state index < -0.39 is 10.0 Å². The van der Waals surface area contributed by atoms with Gasteiger partial charge in [-0.05, 0) is 23.9 Å². The maximum Gasteiger partial charge on any atom is 0.250 e. The maximum atomic E-state index is 11.8. The largest absolute Gasteiger partial charge is 0.250 e. The third kappa shape index (κ3) is 3.15. The summed E-state index contributed by atoms with van der Waals surface area (Å²) in [7, 11) is -3.36. The summed E-state index contributed by atoms with van der Waals surface area (Å²) in [6.07, 6.45) is 0.